The summed E-state index contributed by atoms with van der Waals surface area (Å²) >= 11 is 6.27. The summed E-state index contributed by atoms with van der Waals surface area (Å²) in [6, 6.07) is 0. The van der Waals surface area contributed by atoms with Gasteiger partial charge in [-0.05, 0) is 38.8 Å². The van der Waals surface area contributed by atoms with Crippen LogP contribution < -0.4 is 0 Å². The summed E-state index contributed by atoms with van der Waals surface area (Å²) < 4.78 is 2.40. The topological polar surface area (TPSA) is 21.1 Å². The molecule has 4 heteroatoms. The van der Waals surface area contributed by atoms with Crippen LogP contribution in [0.3, 0.4) is 0 Å². The van der Waals surface area contributed by atoms with Gasteiger partial charge in [-0.2, -0.15) is 0 Å². The molecule has 3 nitrogen and oxygen atoms in total. The zero-order valence-electron chi connectivity index (χ0n) is 10.5. The molecule has 1 atom stereocenters. The van der Waals surface area contributed by atoms with Crippen molar-refractivity contribution >= 4 is 11.6 Å². The van der Waals surface area contributed by atoms with Crippen molar-refractivity contribution in [2.45, 2.75) is 45.1 Å². The van der Waals surface area contributed by atoms with Crippen LogP contribution in [0.2, 0.25) is 5.15 Å². The highest BCUT2D eigenvalue weighted by molar-refractivity contribution is 6.30. The van der Waals surface area contributed by atoms with Gasteiger partial charge in [0.25, 0.3) is 0 Å². The SMILES string of the molecule is CCN1CCC(c2nc(Cl)c3n2CCCC3)C1. The van der Waals surface area contributed by atoms with E-state index >= 15 is 0 Å². The summed E-state index contributed by atoms with van der Waals surface area (Å²) in [5, 5.41) is 0.759. The molecule has 1 unspecified atom stereocenters. The summed E-state index contributed by atoms with van der Waals surface area (Å²) in [4.78, 5) is 7.15. The number of aromatic nitrogens is 2. The van der Waals surface area contributed by atoms with E-state index in [9.17, 15) is 0 Å². The zero-order chi connectivity index (χ0) is 11.8. The molecule has 2 aliphatic rings. The maximum absolute atomic E-state index is 6.27. The first kappa shape index (κ1) is 11.5. The van der Waals surface area contributed by atoms with Crippen molar-refractivity contribution < 1.29 is 0 Å². The summed E-state index contributed by atoms with van der Waals surface area (Å²) in [6.07, 6.45) is 4.88. The molecule has 3 heterocycles. The maximum Gasteiger partial charge on any atom is 0.150 e. The number of likely N-dealkylation sites (N-methyl/N-ethyl adjacent to an activating group) is 1. The van der Waals surface area contributed by atoms with Crippen molar-refractivity contribution in [3.8, 4) is 0 Å². The van der Waals surface area contributed by atoms with Gasteiger partial charge < -0.3 is 9.47 Å². The largest absolute Gasteiger partial charge is 0.330 e. The molecular weight excluding hydrogens is 234 g/mol. The van der Waals surface area contributed by atoms with Gasteiger partial charge >= 0.3 is 0 Å². The fraction of sp³-hybridized carbons (Fsp3) is 0.769. The number of likely N-dealkylation sites (tertiary alicyclic amines) is 1. The number of rotatable bonds is 2. The molecule has 0 bridgehead atoms. The van der Waals surface area contributed by atoms with Gasteiger partial charge in [-0.15, -0.1) is 0 Å². The normalized spacial score (nSPS) is 25.2. The maximum atomic E-state index is 6.27. The number of hydrogen-bond acceptors (Lipinski definition) is 2. The Morgan fingerprint density at radius 1 is 1.35 bits per heavy atom. The van der Waals surface area contributed by atoms with Crippen LogP contribution in [0.1, 0.15) is 43.6 Å². The molecule has 0 saturated carbocycles. The fourth-order valence-corrected chi connectivity index (χ4v) is 3.45. The van der Waals surface area contributed by atoms with E-state index in [0.717, 1.165) is 31.2 Å². The van der Waals surface area contributed by atoms with Crippen LogP contribution in [0.15, 0.2) is 0 Å². The molecule has 0 radical (unpaired) electrons. The molecule has 2 aliphatic heterocycles. The number of hydrogen-bond donors (Lipinski definition) is 0. The van der Waals surface area contributed by atoms with Gasteiger partial charge in [-0.1, -0.05) is 18.5 Å². The monoisotopic (exact) mass is 253 g/mol. The molecule has 1 fully saturated rings. The van der Waals surface area contributed by atoms with E-state index in [-0.39, 0.29) is 0 Å². The van der Waals surface area contributed by atoms with Crippen LogP contribution in [-0.2, 0) is 13.0 Å². The summed E-state index contributed by atoms with van der Waals surface area (Å²) in [7, 11) is 0. The van der Waals surface area contributed by atoms with E-state index in [2.05, 4.69) is 21.4 Å². The summed E-state index contributed by atoms with van der Waals surface area (Å²) in [5.74, 6) is 1.85. The van der Waals surface area contributed by atoms with Crippen molar-refractivity contribution in [1.29, 1.82) is 0 Å². The Balaban J connectivity index is 1.88. The van der Waals surface area contributed by atoms with E-state index in [1.165, 1.54) is 37.3 Å². The van der Waals surface area contributed by atoms with E-state index in [0.29, 0.717) is 5.92 Å². The van der Waals surface area contributed by atoms with Gasteiger partial charge in [0.05, 0.1) is 5.69 Å². The lowest BCUT2D eigenvalue weighted by atomic mass is 10.1. The smallest absolute Gasteiger partial charge is 0.150 e. The van der Waals surface area contributed by atoms with Crippen LogP contribution in [0.4, 0.5) is 0 Å². The minimum Gasteiger partial charge on any atom is -0.330 e. The highest BCUT2D eigenvalue weighted by atomic mass is 35.5. The number of fused-ring (bicyclic) bond motifs is 1. The molecular formula is C13H20ClN3. The van der Waals surface area contributed by atoms with E-state index in [1.807, 2.05) is 0 Å². The summed E-state index contributed by atoms with van der Waals surface area (Å²) in [6.45, 7) is 6.87. The van der Waals surface area contributed by atoms with E-state index in [1.54, 1.807) is 0 Å². The Morgan fingerprint density at radius 3 is 3.00 bits per heavy atom. The van der Waals surface area contributed by atoms with Crippen molar-refractivity contribution in [1.82, 2.24) is 14.5 Å². The number of nitrogens with zero attached hydrogens (tertiary/aromatic N) is 3. The number of imidazole rings is 1. The molecule has 0 aliphatic carbocycles. The lowest BCUT2D eigenvalue weighted by Crippen LogP contribution is -2.21. The van der Waals surface area contributed by atoms with E-state index < -0.39 is 0 Å². The average Bonchev–Trinajstić information content (AvgIpc) is 2.95. The predicted octanol–water partition coefficient (Wildman–Crippen LogP) is 2.68. The Bertz CT molecular complexity index is 413. The van der Waals surface area contributed by atoms with Crippen molar-refractivity contribution in [2.75, 3.05) is 19.6 Å². The third kappa shape index (κ3) is 2.00. The van der Waals surface area contributed by atoms with Crippen LogP contribution in [-0.4, -0.2) is 34.1 Å². The first-order valence-corrected chi connectivity index (χ1v) is 7.14. The molecule has 3 rings (SSSR count). The van der Waals surface area contributed by atoms with Crippen molar-refractivity contribution in [3.05, 3.63) is 16.7 Å². The van der Waals surface area contributed by atoms with Gasteiger partial charge in [0.2, 0.25) is 0 Å². The quantitative estimate of drug-likeness (QED) is 0.808. The minimum absolute atomic E-state index is 0.597. The van der Waals surface area contributed by atoms with Gasteiger partial charge in [0.1, 0.15) is 5.82 Å². The Labute approximate surface area is 108 Å². The molecule has 1 saturated heterocycles. The van der Waals surface area contributed by atoms with Crippen LogP contribution in [0.25, 0.3) is 0 Å². The second-order valence-electron chi connectivity index (χ2n) is 5.20. The standard InChI is InChI=1S/C13H20ClN3/c1-2-16-8-6-10(9-16)13-15-12(14)11-5-3-4-7-17(11)13/h10H,2-9H2,1H3. The van der Waals surface area contributed by atoms with Crippen LogP contribution in [0.5, 0.6) is 0 Å². The Morgan fingerprint density at radius 2 is 2.24 bits per heavy atom. The third-order valence-electron chi connectivity index (χ3n) is 4.18. The zero-order valence-corrected chi connectivity index (χ0v) is 11.2. The first-order chi connectivity index (χ1) is 8.29. The Kier molecular flexibility index (Phi) is 3.14. The number of halogens is 1. The van der Waals surface area contributed by atoms with Crippen molar-refractivity contribution in [3.63, 3.8) is 0 Å². The van der Waals surface area contributed by atoms with Crippen LogP contribution in [0, 0.1) is 0 Å². The highest BCUT2D eigenvalue weighted by Gasteiger charge is 2.29. The fourth-order valence-electron chi connectivity index (χ4n) is 3.17. The lowest BCUT2D eigenvalue weighted by Gasteiger charge is -2.19. The molecule has 1 aromatic heterocycles. The van der Waals surface area contributed by atoms with Gasteiger partial charge in [-0.3, -0.25) is 0 Å². The van der Waals surface area contributed by atoms with Crippen LogP contribution >= 0.6 is 11.6 Å². The van der Waals surface area contributed by atoms with Gasteiger partial charge in [0.15, 0.2) is 5.15 Å². The molecule has 0 N–H and O–H groups in total. The van der Waals surface area contributed by atoms with Crippen molar-refractivity contribution in [2.24, 2.45) is 0 Å². The van der Waals surface area contributed by atoms with E-state index in [4.69, 9.17) is 11.6 Å². The average molecular weight is 254 g/mol. The molecule has 94 valence electrons. The highest BCUT2D eigenvalue weighted by Crippen LogP contribution is 2.32. The second kappa shape index (κ2) is 4.62. The van der Waals surface area contributed by atoms with Gasteiger partial charge in [0, 0.05) is 19.0 Å². The van der Waals surface area contributed by atoms with Gasteiger partial charge in [-0.25, -0.2) is 4.98 Å². The molecule has 1 aromatic rings. The molecule has 17 heavy (non-hydrogen) atoms. The third-order valence-corrected chi connectivity index (χ3v) is 4.49. The molecule has 0 spiro atoms. The molecule has 0 amide bonds. The predicted molar refractivity (Wildman–Crippen MR) is 69.6 cm³/mol. The first-order valence-electron chi connectivity index (χ1n) is 6.76. The molecule has 0 aromatic carbocycles. The lowest BCUT2D eigenvalue weighted by molar-refractivity contribution is 0.350. The second-order valence-corrected chi connectivity index (χ2v) is 5.55. The summed E-state index contributed by atoms with van der Waals surface area (Å²) in [5.41, 5.74) is 1.28. The minimum atomic E-state index is 0.597. The Hall–Kier alpha value is -0.540.